The molecule has 3 heterocycles. The molecule has 1 atom stereocenters. The van der Waals surface area contributed by atoms with E-state index in [0.29, 0.717) is 6.10 Å². The smallest absolute Gasteiger partial charge is 0.196 e. The summed E-state index contributed by atoms with van der Waals surface area (Å²) in [5, 5.41) is 11.9. The van der Waals surface area contributed by atoms with Gasteiger partial charge in [0, 0.05) is 18.0 Å². The Labute approximate surface area is 143 Å². The van der Waals surface area contributed by atoms with Crippen molar-refractivity contribution in [3.63, 3.8) is 0 Å². The number of para-hydroxylation sites is 1. The van der Waals surface area contributed by atoms with Gasteiger partial charge in [0.2, 0.25) is 0 Å². The quantitative estimate of drug-likeness (QED) is 0.649. The van der Waals surface area contributed by atoms with Gasteiger partial charge in [0.15, 0.2) is 11.0 Å². The minimum atomic E-state index is 0.339. The van der Waals surface area contributed by atoms with Crippen LogP contribution in [0.1, 0.15) is 12.8 Å². The number of thioether (sulfide) groups is 1. The van der Waals surface area contributed by atoms with Crippen molar-refractivity contribution in [1.82, 2.24) is 14.8 Å². The van der Waals surface area contributed by atoms with Crippen LogP contribution in [0.4, 0.5) is 0 Å². The maximum absolute atomic E-state index is 5.72. The third-order valence-electron chi connectivity index (χ3n) is 3.81. The van der Waals surface area contributed by atoms with Crippen LogP contribution < -0.4 is 0 Å². The maximum Gasteiger partial charge on any atom is 0.196 e. The number of nitrogens with zero attached hydrogens (tertiary/aromatic N) is 3. The van der Waals surface area contributed by atoms with Crippen LogP contribution in [0, 0.1) is 0 Å². The van der Waals surface area contributed by atoms with Crippen LogP contribution >= 0.6 is 23.1 Å². The molecule has 0 amide bonds. The molecule has 0 N–H and O–H groups in total. The predicted molar refractivity (Wildman–Crippen MR) is 94.4 cm³/mol. The summed E-state index contributed by atoms with van der Waals surface area (Å²) in [5.41, 5.74) is 1.09. The average Bonchev–Trinajstić information content (AvgIpc) is 3.33. The van der Waals surface area contributed by atoms with Crippen LogP contribution in [0.5, 0.6) is 0 Å². The third-order valence-corrected chi connectivity index (χ3v) is 5.74. The highest BCUT2D eigenvalue weighted by Gasteiger charge is 2.20. The fourth-order valence-electron chi connectivity index (χ4n) is 2.68. The van der Waals surface area contributed by atoms with E-state index in [1.54, 1.807) is 23.1 Å². The van der Waals surface area contributed by atoms with E-state index in [4.69, 9.17) is 4.74 Å². The first-order valence-electron chi connectivity index (χ1n) is 7.71. The van der Waals surface area contributed by atoms with E-state index in [1.165, 1.54) is 0 Å². The molecular weight excluding hydrogens is 326 g/mol. The number of hydrogen-bond acceptors (Lipinski definition) is 5. The lowest BCUT2D eigenvalue weighted by atomic mass is 10.3. The van der Waals surface area contributed by atoms with Gasteiger partial charge < -0.3 is 4.74 Å². The molecule has 0 radical (unpaired) electrons. The lowest BCUT2D eigenvalue weighted by Crippen LogP contribution is -2.09. The van der Waals surface area contributed by atoms with Crippen molar-refractivity contribution < 1.29 is 4.74 Å². The normalized spacial score (nSPS) is 17.7. The van der Waals surface area contributed by atoms with Crippen LogP contribution in [0.15, 0.2) is 53.0 Å². The topological polar surface area (TPSA) is 39.9 Å². The summed E-state index contributed by atoms with van der Waals surface area (Å²) in [5.74, 6) is 1.83. The molecule has 0 spiro atoms. The first kappa shape index (κ1) is 14.9. The summed E-state index contributed by atoms with van der Waals surface area (Å²) in [6.07, 6.45) is 2.65. The molecule has 0 unspecified atom stereocenters. The molecule has 1 saturated heterocycles. The monoisotopic (exact) mass is 343 g/mol. The maximum atomic E-state index is 5.72. The zero-order valence-electron chi connectivity index (χ0n) is 12.6. The number of rotatable bonds is 5. The Morgan fingerprint density at radius 3 is 2.83 bits per heavy atom. The molecule has 0 aliphatic carbocycles. The second-order valence-corrected chi connectivity index (χ2v) is 7.34. The van der Waals surface area contributed by atoms with Gasteiger partial charge in [0.25, 0.3) is 0 Å². The summed E-state index contributed by atoms with van der Waals surface area (Å²) in [6, 6.07) is 14.4. The number of thiophene rings is 1. The number of ether oxygens (including phenoxy) is 1. The van der Waals surface area contributed by atoms with E-state index in [9.17, 15) is 0 Å². The van der Waals surface area contributed by atoms with Gasteiger partial charge in [-0.15, -0.1) is 21.5 Å². The van der Waals surface area contributed by atoms with Gasteiger partial charge in [-0.25, -0.2) is 0 Å². The van der Waals surface area contributed by atoms with Crippen LogP contribution in [-0.2, 0) is 4.74 Å². The van der Waals surface area contributed by atoms with E-state index in [1.807, 2.05) is 24.3 Å². The van der Waals surface area contributed by atoms with E-state index in [-0.39, 0.29) is 0 Å². The average molecular weight is 343 g/mol. The van der Waals surface area contributed by atoms with E-state index >= 15 is 0 Å². The van der Waals surface area contributed by atoms with E-state index in [2.05, 4.69) is 38.3 Å². The molecule has 1 fully saturated rings. The lowest BCUT2D eigenvalue weighted by Gasteiger charge is -2.11. The van der Waals surface area contributed by atoms with Gasteiger partial charge in [-0.2, -0.15) is 0 Å². The molecular formula is C17H17N3OS2. The molecule has 23 heavy (non-hydrogen) atoms. The second-order valence-electron chi connectivity index (χ2n) is 5.40. The highest BCUT2D eigenvalue weighted by molar-refractivity contribution is 7.99. The number of aromatic nitrogens is 3. The van der Waals surface area contributed by atoms with Crippen LogP contribution in [0.25, 0.3) is 16.4 Å². The van der Waals surface area contributed by atoms with Crippen molar-refractivity contribution in [3.8, 4) is 16.4 Å². The van der Waals surface area contributed by atoms with Crippen LogP contribution in [0.3, 0.4) is 0 Å². The Balaban J connectivity index is 1.68. The summed E-state index contributed by atoms with van der Waals surface area (Å²) in [4.78, 5) is 1.13. The lowest BCUT2D eigenvalue weighted by molar-refractivity contribution is 0.129. The number of benzene rings is 1. The summed E-state index contributed by atoms with van der Waals surface area (Å²) in [7, 11) is 0. The van der Waals surface area contributed by atoms with Gasteiger partial charge in [-0.05, 0) is 36.4 Å². The zero-order valence-corrected chi connectivity index (χ0v) is 14.2. The SMILES string of the molecule is c1ccc(-n2c(SC[C@@H]3CCCO3)nnc2-c2cccs2)cc1. The molecule has 1 aliphatic heterocycles. The standard InChI is InChI=1S/C17H17N3OS2/c1-2-6-13(7-3-1)20-16(15-9-5-11-22-15)18-19-17(20)23-12-14-8-4-10-21-14/h1-3,5-7,9,11,14H,4,8,10,12H2/t14-/m0/s1. The first-order valence-corrected chi connectivity index (χ1v) is 9.57. The van der Waals surface area contributed by atoms with Crippen molar-refractivity contribution in [2.45, 2.75) is 24.1 Å². The molecule has 0 bridgehead atoms. The van der Waals surface area contributed by atoms with E-state index < -0.39 is 0 Å². The Morgan fingerprint density at radius 2 is 2.09 bits per heavy atom. The molecule has 2 aromatic heterocycles. The van der Waals surface area contributed by atoms with Crippen molar-refractivity contribution >= 4 is 23.1 Å². The molecule has 4 nitrogen and oxygen atoms in total. The Bertz CT molecular complexity index is 750. The van der Waals surface area contributed by atoms with E-state index in [0.717, 1.165) is 46.7 Å². The molecule has 1 aromatic carbocycles. The van der Waals surface area contributed by atoms with Crippen molar-refractivity contribution in [2.24, 2.45) is 0 Å². The zero-order chi connectivity index (χ0) is 15.5. The highest BCUT2D eigenvalue weighted by atomic mass is 32.2. The van der Waals surface area contributed by atoms with Gasteiger partial charge in [-0.1, -0.05) is 36.0 Å². The van der Waals surface area contributed by atoms with Crippen LogP contribution in [-0.4, -0.2) is 33.2 Å². The van der Waals surface area contributed by atoms with Gasteiger partial charge in [0.05, 0.1) is 11.0 Å². The Kier molecular flexibility index (Phi) is 4.46. The summed E-state index contributed by atoms with van der Waals surface area (Å²) in [6.45, 7) is 0.886. The van der Waals surface area contributed by atoms with Crippen molar-refractivity contribution in [2.75, 3.05) is 12.4 Å². The molecule has 3 aromatic rings. The van der Waals surface area contributed by atoms with Gasteiger partial charge >= 0.3 is 0 Å². The summed E-state index contributed by atoms with van der Waals surface area (Å²) < 4.78 is 7.87. The third kappa shape index (κ3) is 3.20. The molecule has 4 rings (SSSR count). The van der Waals surface area contributed by atoms with Crippen molar-refractivity contribution in [3.05, 3.63) is 47.8 Å². The minimum Gasteiger partial charge on any atom is -0.377 e. The molecule has 118 valence electrons. The van der Waals surface area contributed by atoms with Crippen LogP contribution in [0.2, 0.25) is 0 Å². The highest BCUT2D eigenvalue weighted by Crippen LogP contribution is 2.31. The molecule has 0 saturated carbocycles. The fourth-order valence-corrected chi connectivity index (χ4v) is 4.40. The van der Waals surface area contributed by atoms with Gasteiger partial charge in [0.1, 0.15) is 0 Å². The predicted octanol–water partition coefficient (Wildman–Crippen LogP) is 4.27. The Hall–Kier alpha value is -1.63. The second kappa shape index (κ2) is 6.86. The van der Waals surface area contributed by atoms with Crippen molar-refractivity contribution in [1.29, 1.82) is 0 Å². The Morgan fingerprint density at radius 1 is 1.17 bits per heavy atom. The molecule has 1 aliphatic rings. The fraction of sp³-hybridized carbons (Fsp3) is 0.294. The largest absolute Gasteiger partial charge is 0.377 e. The number of hydrogen-bond donors (Lipinski definition) is 0. The first-order chi connectivity index (χ1) is 11.4. The molecule has 6 heteroatoms. The van der Waals surface area contributed by atoms with Gasteiger partial charge in [-0.3, -0.25) is 4.57 Å². The summed E-state index contributed by atoms with van der Waals surface area (Å²) >= 11 is 3.41. The minimum absolute atomic E-state index is 0.339.